The van der Waals surface area contributed by atoms with Crippen LogP contribution in [-0.4, -0.2) is 20.7 Å². The molecule has 2 aromatic rings. The monoisotopic (exact) mass is 397 g/mol. The highest BCUT2D eigenvalue weighted by atomic mass is 32.2. The van der Waals surface area contributed by atoms with Gasteiger partial charge in [-0.25, -0.2) is 0 Å². The number of hydrogen-bond acceptors (Lipinski definition) is 4. The highest BCUT2D eigenvalue weighted by Crippen LogP contribution is 2.36. The van der Waals surface area contributed by atoms with Crippen molar-refractivity contribution in [3.8, 4) is 5.75 Å². The number of aryl methyl sites for hydroxylation is 1. The van der Waals surface area contributed by atoms with Crippen LogP contribution in [-0.2, 0) is 11.4 Å². The summed E-state index contributed by atoms with van der Waals surface area (Å²) in [4.78, 5) is 15.0. The molecule has 0 bridgehead atoms. The van der Waals surface area contributed by atoms with Gasteiger partial charge in [0.15, 0.2) is 0 Å². The Kier molecular flexibility index (Phi) is 5.72. The fraction of sp³-hybridized carbons (Fsp3) is 0.273. The molecule has 0 radical (unpaired) electrons. The van der Waals surface area contributed by atoms with Crippen LogP contribution >= 0.6 is 24.0 Å². The predicted molar refractivity (Wildman–Crippen MR) is 117 cm³/mol. The lowest BCUT2D eigenvalue weighted by atomic mass is 10.1. The van der Waals surface area contributed by atoms with Crippen LogP contribution in [0.1, 0.15) is 37.5 Å². The molecule has 1 aliphatic heterocycles. The van der Waals surface area contributed by atoms with Gasteiger partial charge in [-0.2, -0.15) is 0 Å². The van der Waals surface area contributed by atoms with E-state index in [1.807, 2.05) is 51.1 Å². The zero-order valence-corrected chi connectivity index (χ0v) is 17.6. The van der Waals surface area contributed by atoms with Crippen LogP contribution in [0.15, 0.2) is 53.4 Å². The molecule has 1 fully saturated rings. The van der Waals surface area contributed by atoms with E-state index in [0.717, 1.165) is 16.9 Å². The second kappa shape index (κ2) is 7.87. The van der Waals surface area contributed by atoms with E-state index in [9.17, 15) is 4.79 Å². The maximum atomic E-state index is 12.6. The summed E-state index contributed by atoms with van der Waals surface area (Å²) in [5.74, 6) is 0.771. The number of rotatable bonds is 4. The first-order valence-corrected chi connectivity index (χ1v) is 10.0. The van der Waals surface area contributed by atoms with Gasteiger partial charge in [0, 0.05) is 5.54 Å². The first kappa shape index (κ1) is 19.6. The number of carbonyl (C=O) groups excluding carboxylic acids is 1. The van der Waals surface area contributed by atoms with Crippen LogP contribution < -0.4 is 4.74 Å². The van der Waals surface area contributed by atoms with Crippen molar-refractivity contribution in [1.82, 2.24) is 4.90 Å². The maximum absolute atomic E-state index is 12.6. The summed E-state index contributed by atoms with van der Waals surface area (Å²) in [6.45, 7) is 8.56. The summed E-state index contributed by atoms with van der Waals surface area (Å²) in [6.07, 6.45) is 1.88. The number of benzene rings is 2. The number of hydrogen-bond donors (Lipinski definition) is 0. The third kappa shape index (κ3) is 4.79. The molecule has 1 aliphatic rings. The molecule has 140 valence electrons. The van der Waals surface area contributed by atoms with Crippen molar-refractivity contribution in [2.75, 3.05) is 0 Å². The molecule has 27 heavy (non-hydrogen) atoms. The average Bonchev–Trinajstić information content (AvgIpc) is 2.89. The van der Waals surface area contributed by atoms with Crippen LogP contribution in [0.2, 0.25) is 0 Å². The number of amides is 1. The van der Waals surface area contributed by atoms with E-state index in [4.69, 9.17) is 17.0 Å². The number of thioether (sulfide) groups is 1. The Morgan fingerprint density at radius 1 is 1.07 bits per heavy atom. The minimum absolute atomic E-state index is 0.0304. The summed E-state index contributed by atoms with van der Waals surface area (Å²) >= 11 is 6.73. The molecule has 5 heteroatoms. The molecule has 1 saturated heterocycles. The Balaban J connectivity index is 1.67. The molecule has 3 rings (SSSR count). The number of nitrogens with zero attached hydrogens (tertiary/aromatic N) is 1. The Labute approximate surface area is 170 Å². The van der Waals surface area contributed by atoms with E-state index in [-0.39, 0.29) is 11.4 Å². The van der Waals surface area contributed by atoms with Crippen molar-refractivity contribution < 1.29 is 9.53 Å². The van der Waals surface area contributed by atoms with Gasteiger partial charge >= 0.3 is 0 Å². The second-order valence-corrected chi connectivity index (χ2v) is 9.21. The fourth-order valence-electron chi connectivity index (χ4n) is 2.71. The van der Waals surface area contributed by atoms with Gasteiger partial charge < -0.3 is 4.74 Å². The predicted octanol–water partition coefficient (Wildman–Crippen LogP) is 5.57. The minimum Gasteiger partial charge on any atom is -0.489 e. The molecule has 0 atom stereocenters. The lowest BCUT2D eigenvalue weighted by Crippen LogP contribution is -2.44. The highest BCUT2D eigenvalue weighted by molar-refractivity contribution is 8.26. The normalized spacial score (nSPS) is 16.3. The van der Waals surface area contributed by atoms with E-state index in [2.05, 4.69) is 31.2 Å². The molecule has 0 spiro atoms. The first-order valence-electron chi connectivity index (χ1n) is 8.80. The molecule has 1 heterocycles. The zero-order chi connectivity index (χ0) is 19.6. The fourth-order valence-corrected chi connectivity index (χ4v) is 4.34. The summed E-state index contributed by atoms with van der Waals surface area (Å²) in [5.41, 5.74) is 3.01. The first-order chi connectivity index (χ1) is 12.7. The summed E-state index contributed by atoms with van der Waals surface area (Å²) in [7, 11) is 0. The highest BCUT2D eigenvalue weighted by Gasteiger charge is 2.38. The van der Waals surface area contributed by atoms with Crippen LogP contribution in [0.3, 0.4) is 0 Å². The smallest absolute Gasteiger partial charge is 0.266 e. The summed E-state index contributed by atoms with van der Waals surface area (Å²) in [5, 5.41) is 0. The van der Waals surface area contributed by atoms with E-state index in [1.54, 1.807) is 4.90 Å². The Bertz CT molecular complexity index is 878. The molecule has 0 unspecified atom stereocenters. The molecule has 0 saturated carbocycles. The Hall–Kier alpha value is -2.11. The molecule has 0 aromatic heterocycles. The average molecular weight is 398 g/mol. The summed E-state index contributed by atoms with van der Waals surface area (Å²) in [6, 6.07) is 16.0. The minimum atomic E-state index is -0.315. The van der Waals surface area contributed by atoms with Gasteiger partial charge in [-0.05, 0) is 57.0 Å². The maximum Gasteiger partial charge on any atom is 0.266 e. The van der Waals surface area contributed by atoms with E-state index >= 15 is 0 Å². The van der Waals surface area contributed by atoms with Gasteiger partial charge in [-0.1, -0.05) is 65.9 Å². The second-order valence-electron chi connectivity index (χ2n) is 7.53. The van der Waals surface area contributed by atoms with Crippen LogP contribution in [0.5, 0.6) is 5.75 Å². The van der Waals surface area contributed by atoms with E-state index in [1.165, 1.54) is 17.3 Å². The quantitative estimate of drug-likeness (QED) is 0.498. The van der Waals surface area contributed by atoms with Crippen LogP contribution in [0.25, 0.3) is 6.08 Å². The standard InChI is InChI=1S/C22H23NO2S2/c1-15-5-7-17(8-6-15)14-25-18-11-9-16(10-12-18)13-19-20(24)23(21(26)27-19)22(2,3)4/h5-13H,14H2,1-4H3/b19-13-. The van der Waals surface area contributed by atoms with Gasteiger partial charge in [0.2, 0.25) is 0 Å². The lowest BCUT2D eigenvalue weighted by molar-refractivity contribution is -0.125. The zero-order valence-electron chi connectivity index (χ0n) is 16.0. The van der Waals surface area contributed by atoms with Crippen molar-refractivity contribution in [2.24, 2.45) is 0 Å². The van der Waals surface area contributed by atoms with Crippen LogP contribution in [0.4, 0.5) is 0 Å². The van der Waals surface area contributed by atoms with Crippen molar-refractivity contribution in [3.05, 3.63) is 70.1 Å². The van der Waals surface area contributed by atoms with Gasteiger partial charge in [-0.3, -0.25) is 9.69 Å². The van der Waals surface area contributed by atoms with Crippen molar-refractivity contribution in [1.29, 1.82) is 0 Å². The molecule has 2 aromatic carbocycles. The SMILES string of the molecule is Cc1ccc(COc2ccc(/C=C3\SC(=S)N(C(C)(C)C)C3=O)cc2)cc1. The Morgan fingerprint density at radius 2 is 1.70 bits per heavy atom. The number of carbonyl (C=O) groups is 1. The molecular formula is C22H23NO2S2. The van der Waals surface area contributed by atoms with Gasteiger partial charge in [0.1, 0.15) is 16.7 Å². The van der Waals surface area contributed by atoms with Crippen LogP contribution in [0, 0.1) is 6.92 Å². The third-order valence-corrected chi connectivity index (χ3v) is 5.47. The van der Waals surface area contributed by atoms with Crippen molar-refractivity contribution >= 4 is 40.3 Å². The molecule has 1 amide bonds. The lowest BCUT2D eigenvalue weighted by Gasteiger charge is -2.30. The topological polar surface area (TPSA) is 29.5 Å². The molecule has 3 nitrogen and oxygen atoms in total. The molecular weight excluding hydrogens is 374 g/mol. The van der Waals surface area contributed by atoms with Crippen molar-refractivity contribution in [3.63, 3.8) is 0 Å². The van der Waals surface area contributed by atoms with E-state index in [0.29, 0.717) is 15.8 Å². The summed E-state index contributed by atoms with van der Waals surface area (Å²) < 4.78 is 6.44. The number of ether oxygens (including phenoxy) is 1. The molecule has 0 aliphatic carbocycles. The molecule has 0 N–H and O–H groups in total. The Morgan fingerprint density at radius 3 is 2.26 bits per heavy atom. The van der Waals surface area contributed by atoms with Crippen molar-refractivity contribution in [2.45, 2.75) is 39.8 Å². The number of thiocarbonyl (C=S) groups is 1. The van der Waals surface area contributed by atoms with E-state index < -0.39 is 0 Å². The third-order valence-electron chi connectivity index (χ3n) is 4.17. The largest absolute Gasteiger partial charge is 0.489 e. The van der Waals surface area contributed by atoms with Gasteiger partial charge in [0.25, 0.3) is 5.91 Å². The van der Waals surface area contributed by atoms with Gasteiger partial charge in [0.05, 0.1) is 4.91 Å². The van der Waals surface area contributed by atoms with Gasteiger partial charge in [-0.15, -0.1) is 0 Å².